The van der Waals surface area contributed by atoms with Crippen LogP contribution in [-0.4, -0.2) is 44.9 Å². The number of unbranched alkanes of at least 4 members (excludes halogenated alkanes) is 1. The van der Waals surface area contributed by atoms with Gasteiger partial charge in [-0.3, -0.25) is 4.79 Å². The molecule has 128 valence electrons. The molecule has 6 nitrogen and oxygen atoms in total. The van der Waals surface area contributed by atoms with Gasteiger partial charge in [-0.05, 0) is 24.6 Å². The molecule has 8 heteroatoms. The van der Waals surface area contributed by atoms with Crippen molar-refractivity contribution in [3.63, 3.8) is 0 Å². The molecular weight excluding hydrogens is 336 g/mol. The van der Waals surface area contributed by atoms with Crippen LogP contribution in [0.15, 0.2) is 28.5 Å². The number of hydrogen-bond acceptors (Lipinski definition) is 5. The lowest BCUT2D eigenvalue weighted by molar-refractivity contribution is -0.116. The second kappa shape index (κ2) is 8.58. The first-order valence-electron chi connectivity index (χ1n) is 7.65. The fourth-order valence-electron chi connectivity index (χ4n) is 2.10. The van der Waals surface area contributed by atoms with E-state index in [1.807, 2.05) is 13.0 Å². The fraction of sp³-hybridized carbons (Fsp3) is 0.533. The van der Waals surface area contributed by atoms with Crippen molar-refractivity contribution in [1.29, 1.82) is 0 Å². The minimum absolute atomic E-state index is 0.163. The van der Waals surface area contributed by atoms with Crippen molar-refractivity contribution in [3.8, 4) is 0 Å². The Kier molecular flexibility index (Phi) is 6.76. The molecule has 0 atom stereocenters. The quantitative estimate of drug-likeness (QED) is 0.754. The van der Waals surface area contributed by atoms with Gasteiger partial charge in [-0.15, -0.1) is 11.3 Å². The van der Waals surface area contributed by atoms with Crippen molar-refractivity contribution >= 4 is 27.3 Å². The van der Waals surface area contributed by atoms with Crippen molar-refractivity contribution in [3.05, 3.63) is 29.2 Å². The van der Waals surface area contributed by atoms with Crippen LogP contribution in [0.2, 0.25) is 0 Å². The molecule has 1 aliphatic heterocycles. The molecule has 1 aromatic rings. The average molecular weight is 358 g/mol. The Morgan fingerprint density at radius 1 is 1.39 bits per heavy atom. The normalized spacial score (nSPS) is 16.7. The molecule has 1 fully saturated rings. The third-order valence-corrected chi connectivity index (χ3v) is 6.81. The minimum Gasteiger partial charge on any atom is -0.379 e. The number of ether oxygens (including phenoxy) is 1. The molecule has 23 heavy (non-hydrogen) atoms. The second-order valence-corrected chi connectivity index (χ2v) is 8.48. The summed E-state index contributed by atoms with van der Waals surface area (Å²) in [6.07, 6.45) is 5.21. The van der Waals surface area contributed by atoms with E-state index in [0.717, 1.165) is 17.7 Å². The maximum Gasteiger partial charge on any atom is 0.252 e. The van der Waals surface area contributed by atoms with Gasteiger partial charge in [0.05, 0.1) is 19.8 Å². The van der Waals surface area contributed by atoms with Crippen LogP contribution in [0, 0.1) is 0 Å². The van der Waals surface area contributed by atoms with Gasteiger partial charge >= 0.3 is 0 Å². The summed E-state index contributed by atoms with van der Waals surface area (Å²) in [4.78, 5) is 12.4. The number of carbonyl (C=O) groups excluding carboxylic acids is 1. The van der Waals surface area contributed by atoms with Gasteiger partial charge in [-0.25, -0.2) is 8.42 Å². The Morgan fingerprint density at radius 3 is 2.83 bits per heavy atom. The van der Waals surface area contributed by atoms with Crippen molar-refractivity contribution in [1.82, 2.24) is 9.62 Å². The fourth-order valence-corrected chi connectivity index (χ4v) is 4.95. The maximum atomic E-state index is 12.5. The zero-order valence-corrected chi connectivity index (χ0v) is 14.8. The number of amides is 1. The summed E-state index contributed by atoms with van der Waals surface area (Å²) in [5, 5.41) is 2.76. The van der Waals surface area contributed by atoms with Crippen LogP contribution in [-0.2, 0) is 26.1 Å². The predicted octanol–water partition coefficient (Wildman–Crippen LogP) is 1.74. The topological polar surface area (TPSA) is 75.7 Å². The molecule has 1 N–H and O–H groups in total. The molecule has 0 aliphatic carbocycles. The van der Waals surface area contributed by atoms with Crippen LogP contribution < -0.4 is 5.32 Å². The molecule has 1 aliphatic rings. The van der Waals surface area contributed by atoms with Gasteiger partial charge in [0.2, 0.25) is 5.91 Å². The Balaban J connectivity index is 1.93. The number of allylic oxidation sites excluding steroid dienone is 1. The SMILES string of the molecule is CCCC=CC(=O)NCc1ccc(S(=O)(=O)N2CCOCC2)s1. The third kappa shape index (κ3) is 5.13. The molecule has 1 aromatic heterocycles. The van der Waals surface area contributed by atoms with Gasteiger partial charge in [0, 0.05) is 18.0 Å². The molecule has 0 aromatic carbocycles. The van der Waals surface area contributed by atoms with E-state index >= 15 is 0 Å². The van der Waals surface area contributed by atoms with E-state index in [-0.39, 0.29) is 5.91 Å². The van der Waals surface area contributed by atoms with Crippen LogP contribution in [0.25, 0.3) is 0 Å². The maximum absolute atomic E-state index is 12.5. The van der Waals surface area contributed by atoms with Crippen LogP contribution in [0.3, 0.4) is 0 Å². The first-order valence-corrected chi connectivity index (χ1v) is 9.90. The average Bonchev–Trinajstić information content (AvgIpc) is 3.04. The number of hydrogen-bond donors (Lipinski definition) is 1. The Bertz CT molecular complexity index is 646. The highest BCUT2D eigenvalue weighted by Gasteiger charge is 2.27. The summed E-state index contributed by atoms with van der Waals surface area (Å²) < 4.78 is 31.9. The zero-order valence-electron chi connectivity index (χ0n) is 13.2. The number of sulfonamides is 1. The summed E-state index contributed by atoms with van der Waals surface area (Å²) >= 11 is 1.19. The minimum atomic E-state index is -3.45. The first kappa shape index (κ1) is 18.1. The van der Waals surface area contributed by atoms with Crippen molar-refractivity contribution in [2.24, 2.45) is 0 Å². The van der Waals surface area contributed by atoms with Gasteiger partial charge in [0.15, 0.2) is 0 Å². The summed E-state index contributed by atoms with van der Waals surface area (Å²) in [5.41, 5.74) is 0. The lowest BCUT2D eigenvalue weighted by Gasteiger charge is -2.25. The molecule has 1 saturated heterocycles. The van der Waals surface area contributed by atoms with Crippen LogP contribution >= 0.6 is 11.3 Å². The molecular formula is C15H22N2O4S2. The number of nitrogens with one attached hydrogen (secondary N) is 1. The molecule has 2 rings (SSSR count). The predicted molar refractivity (Wildman–Crippen MR) is 89.8 cm³/mol. The molecule has 0 spiro atoms. The number of thiophene rings is 1. The molecule has 1 amide bonds. The van der Waals surface area contributed by atoms with E-state index in [9.17, 15) is 13.2 Å². The third-order valence-electron chi connectivity index (χ3n) is 3.36. The van der Waals surface area contributed by atoms with E-state index < -0.39 is 10.0 Å². The van der Waals surface area contributed by atoms with Gasteiger partial charge in [0.25, 0.3) is 10.0 Å². The van der Waals surface area contributed by atoms with E-state index in [1.54, 1.807) is 12.1 Å². The standard InChI is InChI=1S/C15H22N2O4S2/c1-2-3-4-5-14(18)16-12-13-6-7-15(22-13)23(19,20)17-8-10-21-11-9-17/h4-7H,2-3,8-12H2,1H3,(H,16,18). The first-order chi connectivity index (χ1) is 11.0. The van der Waals surface area contributed by atoms with Crippen LogP contribution in [0.4, 0.5) is 0 Å². The van der Waals surface area contributed by atoms with Crippen molar-refractivity contribution < 1.29 is 17.9 Å². The monoisotopic (exact) mass is 358 g/mol. The van der Waals surface area contributed by atoms with Crippen LogP contribution in [0.5, 0.6) is 0 Å². The molecule has 2 heterocycles. The Hall–Kier alpha value is -1.22. The number of carbonyl (C=O) groups is 1. The highest BCUT2D eigenvalue weighted by Crippen LogP contribution is 2.25. The second-order valence-electron chi connectivity index (χ2n) is 5.15. The van der Waals surface area contributed by atoms with E-state index in [1.165, 1.54) is 21.7 Å². The largest absolute Gasteiger partial charge is 0.379 e. The summed E-state index contributed by atoms with van der Waals surface area (Å²) in [6, 6.07) is 3.35. The van der Waals surface area contributed by atoms with E-state index in [2.05, 4.69) is 5.32 Å². The van der Waals surface area contributed by atoms with Gasteiger partial charge in [0.1, 0.15) is 4.21 Å². The van der Waals surface area contributed by atoms with E-state index in [4.69, 9.17) is 4.74 Å². The number of morpholine rings is 1. The highest BCUT2D eigenvalue weighted by atomic mass is 32.2. The lowest BCUT2D eigenvalue weighted by atomic mass is 10.3. The van der Waals surface area contributed by atoms with Gasteiger partial charge in [-0.1, -0.05) is 19.4 Å². The molecule has 0 unspecified atom stereocenters. The summed E-state index contributed by atoms with van der Waals surface area (Å²) in [7, 11) is -3.45. The number of rotatable bonds is 7. The lowest BCUT2D eigenvalue weighted by Crippen LogP contribution is -2.40. The smallest absolute Gasteiger partial charge is 0.252 e. The van der Waals surface area contributed by atoms with E-state index in [0.29, 0.717) is 37.1 Å². The summed E-state index contributed by atoms with van der Waals surface area (Å²) in [6.45, 7) is 4.00. The van der Waals surface area contributed by atoms with Crippen molar-refractivity contribution in [2.75, 3.05) is 26.3 Å². The Labute approximate surface area is 141 Å². The zero-order chi connectivity index (χ0) is 16.7. The van der Waals surface area contributed by atoms with Gasteiger partial charge in [-0.2, -0.15) is 4.31 Å². The molecule has 0 saturated carbocycles. The molecule has 0 radical (unpaired) electrons. The highest BCUT2D eigenvalue weighted by molar-refractivity contribution is 7.91. The van der Waals surface area contributed by atoms with Crippen LogP contribution in [0.1, 0.15) is 24.6 Å². The molecule has 0 bridgehead atoms. The van der Waals surface area contributed by atoms with Gasteiger partial charge < -0.3 is 10.1 Å². The van der Waals surface area contributed by atoms with Crippen molar-refractivity contribution in [2.45, 2.75) is 30.5 Å². The Morgan fingerprint density at radius 2 is 2.13 bits per heavy atom. The number of nitrogens with zero attached hydrogens (tertiary/aromatic N) is 1. The summed E-state index contributed by atoms with van der Waals surface area (Å²) in [5.74, 6) is -0.163.